The number of nitrogens with zero attached hydrogens (tertiary/aromatic N) is 2. The van der Waals surface area contributed by atoms with Gasteiger partial charge in [-0.05, 0) is 68.3 Å². The number of ether oxygens (including phenoxy) is 3. The topological polar surface area (TPSA) is 93.8 Å². The number of carbonyl (C=O) groups excluding carboxylic acids is 2. The number of aromatic nitrogens is 2. The number of amides is 1. The Hall–Kier alpha value is -3.88. The summed E-state index contributed by atoms with van der Waals surface area (Å²) in [6.45, 7) is 5.41. The average Bonchev–Trinajstić information content (AvgIpc) is 3.42. The molecule has 4 rings (SSSR count). The van der Waals surface area contributed by atoms with Gasteiger partial charge in [0.2, 0.25) is 0 Å². The van der Waals surface area contributed by atoms with Gasteiger partial charge >= 0.3 is 12.1 Å². The number of hydrogen-bond acceptors (Lipinski definition) is 6. The molecule has 0 saturated heterocycles. The fourth-order valence-electron chi connectivity index (χ4n) is 3.93. The van der Waals surface area contributed by atoms with Crippen LogP contribution < -0.4 is 4.74 Å². The van der Waals surface area contributed by atoms with Crippen molar-refractivity contribution in [3.05, 3.63) is 54.1 Å². The summed E-state index contributed by atoms with van der Waals surface area (Å²) in [5.74, 6) is -0.428. The Morgan fingerprint density at radius 1 is 1.15 bits per heavy atom. The van der Waals surface area contributed by atoms with Crippen molar-refractivity contribution in [3.8, 4) is 16.9 Å². The Kier molecular flexibility index (Phi) is 6.03. The maximum absolute atomic E-state index is 14.0. The van der Waals surface area contributed by atoms with E-state index >= 15 is 0 Å². The van der Waals surface area contributed by atoms with E-state index in [0.717, 1.165) is 10.9 Å². The normalized spacial score (nSPS) is 15.9. The van der Waals surface area contributed by atoms with Gasteiger partial charge in [0.25, 0.3) is 0 Å². The Bertz CT molecular complexity index is 1290. The second kappa shape index (κ2) is 8.81. The van der Waals surface area contributed by atoms with Crippen LogP contribution in [0.1, 0.15) is 26.5 Å². The van der Waals surface area contributed by atoms with Gasteiger partial charge in [-0.1, -0.05) is 0 Å². The Morgan fingerprint density at radius 2 is 1.91 bits per heavy atom. The molecule has 0 spiro atoms. The number of pyridine rings is 1. The quantitative estimate of drug-likeness (QED) is 0.566. The first-order valence-corrected chi connectivity index (χ1v) is 10.7. The number of methoxy groups -OCH3 is 2. The highest BCUT2D eigenvalue weighted by Crippen LogP contribution is 2.37. The number of carbonyl (C=O) groups is 2. The molecule has 0 unspecified atom stereocenters. The van der Waals surface area contributed by atoms with Crippen molar-refractivity contribution in [1.82, 2.24) is 14.9 Å². The first kappa shape index (κ1) is 23.3. The van der Waals surface area contributed by atoms with Crippen LogP contribution in [0.3, 0.4) is 0 Å². The predicted molar refractivity (Wildman–Crippen MR) is 125 cm³/mol. The lowest BCUT2D eigenvalue weighted by atomic mass is 10.0. The third-order valence-electron chi connectivity index (χ3n) is 5.44. The molecule has 0 radical (unpaired) electrons. The van der Waals surface area contributed by atoms with Crippen molar-refractivity contribution in [1.29, 1.82) is 0 Å². The Balaban J connectivity index is 1.75. The first-order chi connectivity index (χ1) is 16.1. The van der Waals surface area contributed by atoms with E-state index < -0.39 is 23.7 Å². The minimum Gasteiger partial charge on any atom is -0.496 e. The summed E-state index contributed by atoms with van der Waals surface area (Å²) < 4.78 is 29.8. The molecular weight excluding hydrogens is 441 g/mol. The van der Waals surface area contributed by atoms with Crippen LogP contribution in [-0.2, 0) is 14.3 Å². The van der Waals surface area contributed by atoms with Gasteiger partial charge in [-0.25, -0.2) is 19.0 Å². The van der Waals surface area contributed by atoms with Crippen molar-refractivity contribution in [2.45, 2.75) is 32.4 Å². The zero-order valence-corrected chi connectivity index (χ0v) is 19.6. The molecular formula is C25H26FN3O5. The van der Waals surface area contributed by atoms with Crippen molar-refractivity contribution < 1.29 is 28.2 Å². The van der Waals surface area contributed by atoms with Crippen molar-refractivity contribution in [3.63, 3.8) is 0 Å². The minimum absolute atomic E-state index is 0.139. The molecule has 3 heterocycles. The van der Waals surface area contributed by atoms with Gasteiger partial charge in [0.15, 0.2) is 6.04 Å². The summed E-state index contributed by atoms with van der Waals surface area (Å²) in [6.07, 6.45) is 2.67. The van der Waals surface area contributed by atoms with Gasteiger partial charge < -0.3 is 19.2 Å². The molecule has 1 aliphatic heterocycles. The fraction of sp³-hybridized carbons (Fsp3) is 0.320. The van der Waals surface area contributed by atoms with Gasteiger partial charge in [0, 0.05) is 22.8 Å². The summed E-state index contributed by atoms with van der Waals surface area (Å²) >= 11 is 0. The minimum atomic E-state index is -0.919. The van der Waals surface area contributed by atoms with E-state index in [9.17, 15) is 14.0 Å². The SMILES string of the molecule is COC(=O)[C@H]1C=C(c2cc3c(-c4cc(F)ccc4OC)ccnc3[nH]2)CN1C(=O)OC(C)(C)C. The van der Waals surface area contributed by atoms with E-state index in [0.29, 0.717) is 28.2 Å². The highest BCUT2D eigenvalue weighted by Gasteiger charge is 2.38. The summed E-state index contributed by atoms with van der Waals surface area (Å²) in [6, 6.07) is 7.05. The van der Waals surface area contributed by atoms with E-state index in [2.05, 4.69) is 9.97 Å². The number of rotatable bonds is 4. The van der Waals surface area contributed by atoms with Crippen LogP contribution in [-0.4, -0.2) is 59.3 Å². The average molecular weight is 467 g/mol. The number of aromatic amines is 1. The van der Waals surface area contributed by atoms with Crippen LogP contribution >= 0.6 is 0 Å². The number of benzene rings is 1. The molecule has 0 saturated carbocycles. The fourth-order valence-corrected chi connectivity index (χ4v) is 3.93. The summed E-state index contributed by atoms with van der Waals surface area (Å²) in [4.78, 5) is 34.1. The van der Waals surface area contributed by atoms with E-state index in [1.807, 2.05) is 6.07 Å². The zero-order valence-electron chi connectivity index (χ0n) is 19.6. The molecule has 1 N–H and O–H groups in total. The molecule has 1 aromatic carbocycles. The number of hydrogen-bond donors (Lipinski definition) is 1. The van der Waals surface area contributed by atoms with Gasteiger partial charge in [0.05, 0.1) is 20.8 Å². The number of H-pyrrole nitrogens is 1. The summed E-state index contributed by atoms with van der Waals surface area (Å²) in [5, 5.41) is 0.743. The third-order valence-corrected chi connectivity index (χ3v) is 5.44. The third kappa shape index (κ3) is 4.46. The molecule has 0 fully saturated rings. The standard InChI is InChI=1S/C25H26FN3O5/c1-25(2,3)34-24(31)29-13-14(10-20(29)23(30)33-5)19-12-18-16(8-9-27-22(18)28-19)17-11-15(26)6-7-21(17)32-4/h6-12,20H,13H2,1-5H3,(H,27,28)/t20-/m1/s1. The van der Waals surface area contributed by atoms with Crippen LogP contribution in [0.4, 0.5) is 9.18 Å². The highest BCUT2D eigenvalue weighted by atomic mass is 19.1. The Morgan fingerprint density at radius 3 is 2.59 bits per heavy atom. The second-order valence-corrected chi connectivity index (χ2v) is 8.92. The zero-order chi connectivity index (χ0) is 24.6. The largest absolute Gasteiger partial charge is 0.496 e. The van der Waals surface area contributed by atoms with Crippen LogP contribution in [0.2, 0.25) is 0 Å². The summed E-state index contributed by atoms with van der Waals surface area (Å²) in [7, 11) is 2.80. The van der Waals surface area contributed by atoms with Gasteiger partial charge in [-0.2, -0.15) is 0 Å². The highest BCUT2D eigenvalue weighted by molar-refractivity contribution is 5.98. The van der Waals surface area contributed by atoms with Crippen LogP contribution in [0, 0.1) is 5.82 Å². The van der Waals surface area contributed by atoms with Gasteiger partial charge in [-0.15, -0.1) is 0 Å². The van der Waals surface area contributed by atoms with E-state index in [1.54, 1.807) is 45.2 Å². The molecule has 0 bridgehead atoms. The van der Waals surface area contributed by atoms with Crippen LogP contribution in [0.15, 0.2) is 42.6 Å². The second-order valence-electron chi connectivity index (χ2n) is 8.92. The van der Waals surface area contributed by atoms with E-state index in [1.165, 1.54) is 31.3 Å². The molecule has 0 aliphatic carbocycles. The molecule has 8 nitrogen and oxygen atoms in total. The first-order valence-electron chi connectivity index (χ1n) is 10.7. The smallest absolute Gasteiger partial charge is 0.411 e. The lowest BCUT2D eigenvalue weighted by molar-refractivity contribution is -0.144. The van der Waals surface area contributed by atoms with Crippen molar-refractivity contribution in [2.75, 3.05) is 20.8 Å². The van der Waals surface area contributed by atoms with Crippen LogP contribution in [0.25, 0.3) is 27.7 Å². The summed E-state index contributed by atoms with van der Waals surface area (Å²) in [5.41, 5.74) is 2.55. The molecule has 1 aliphatic rings. The number of fused-ring (bicyclic) bond motifs is 1. The predicted octanol–water partition coefficient (Wildman–Crippen LogP) is 4.55. The van der Waals surface area contributed by atoms with Gasteiger partial charge in [0.1, 0.15) is 22.8 Å². The monoisotopic (exact) mass is 467 g/mol. The molecule has 3 aromatic rings. The van der Waals surface area contributed by atoms with E-state index in [-0.39, 0.29) is 12.4 Å². The lowest BCUT2D eigenvalue weighted by Crippen LogP contribution is -2.44. The molecule has 178 valence electrons. The number of esters is 1. The molecule has 9 heteroatoms. The lowest BCUT2D eigenvalue weighted by Gasteiger charge is -2.27. The molecule has 1 amide bonds. The maximum atomic E-state index is 14.0. The van der Waals surface area contributed by atoms with Crippen molar-refractivity contribution in [2.24, 2.45) is 0 Å². The van der Waals surface area contributed by atoms with E-state index in [4.69, 9.17) is 14.2 Å². The van der Waals surface area contributed by atoms with Crippen molar-refractivity contribution >= 4 is 28.7 Å². The number of nitrogens with one attached hydrogen (secondary N) is 1. The molecule has 1 atom stereocenters. The Labute approximate surface area is 196 Å². The molecule has 2 aromatic heterocycles. The van der Waals surface area contributed by atoms with Gasteiger partial charge in [-0.3, -0.25) is 4.90 Å². The maximum Gasteiger partial charge on any atom is 0.411 e. The number of halogens is 1. The molecule has 34 heavy (non-hydrogen) atoms. The van der Waals surface area contributed by atoms with Crippen LogP contribution in [0.5, 0.6) is 5.75 Å².